The number of rotatable bonds is 1. The van der Waals surface area contributed by atoms with Gasteiger partial charge < -0.3 is 4.90 Å². The van der Waals surface area contributed by atoms with E-state index in [-0.39, 0.29) is 17.3 Å². The number of amides is 1. The number of benzene rings is 1. The molecule has 0 aromatic heterocycles. The van der Waals surface area contributed by atoms with Crippen molar-refractivity contribution < 1.29 is 9.18 Å². The Morgan fingerprint density at radius 1 is 1.24 bits per heavy atom. The van der Waals surface area contributed by atoms with Crippen molar-refractivity contribution >= 4 is 5.91 Å². The van der Waals surface area contributed by atoms with E-state index in [9.17, 15) is 9.18 Å². The highest BCUT2D eigenvalue weighted by Gasteiger charge is 2.40. The largest absolute Gasteiger partial charge is 0.335 e. The van der Waals surface area contributed by atoms with Crippen LogP contribution >= 0.6 is 0 Å². The molecule has 114 valence electrons. The minimum atomic E-state index is -0.353. The molecule has 1 aromatic carbocycles. The van der Waals surface area contributed by atoms with Gasteiger partial charge in [0.2, 0.25) is 0 Å². The SMILES string of the molecule is Cc1cccc(C(=O)N2CCC(C)C3CCCCC32)c1F. The first-order valence-corrected chi connectivity index (χ1v) is 8.15. The van der Waals surface area contributed by atoms with Gasteiger partial charge in [0.15, 0.2) is 0 Å². The maximum atomic E-state index is 14.3. The molecule has 3 unspecified atom stereocenters. The number of carbonyl (C=O) groups is 1. The van der Waals surface area contributed by atoms with Crippen LogP contribution < -0.4 is 0 Å². The molecule has 1 heterocycles. The number of likely N-dealkylation sites (tertiary alicyclic amines) is 1. The van der Waals surface area contributed by atoms with Gasteiger partial charge in [0.05, 0.1) is 5.56 Å². The quantitative estimate of drug-likeness (QED) is 0.759. The van der Waals surface area contributed by atoms with E-state index < -0.39 is 0 Å². The van der Waals surface area contributed by atoms with E-state index >= 15 is 0 Å². The van der Waals surface area contributed by atoms with Crippen molar-refractivity contribution in [3.05, 3.63) is 35.1 Å². The molecule has 3 rings (SSSR count). The first kappa shape index (κ1) is 14.6. The summed E-state index contributed by atoms with van der Waals surface area (Å²) in [5.41, 5.74) is 0.792. The summed E-state index contributed by atoms with van der Waals surface area (Å²) in [4.78, 5) is 14.8. The van der Waals surface area contributed by atoms with E-state index in [1.807, 2.05) is 4.90 Å². The molecule has 1 aromatic rings. The number of hydrogen-bond donors (Lipinski definition) is 0. The predicted octanol–water partition coefficient (Wildman–Crippen LogP) is 4.17. The molecule has 1 saturated heterocycles. The molecule has 1 aliphatic carbocycles. The zero-order chi connectivity index (χ0) is 15.0. The van der Waals surface area contributed by atoms with Gasteiger partial charge in [0.25, 0.3) is 5.91 Å². The van der Waals surface area contributed by atoms with Crippen molar-refractivity contribution in [1.29, 1.82) is 0 Å². The van der Waals surface area contributed by atoms with Crippen LogP contribution in [0.2, 0.25) is 0 Å². The molecule has 1 saturated carbocycles. The Labute approximate surface area is 126 Å². The first-order chi connectivity index (χ1) is 10.1. The lowest BCUT2D eigenvalue weighted by atomic mass is 9.72. The van der Waals surface area contributed by atoms with Crippen LogP contribution in [0.1, 0.15) is 54.9 Å². The number of hydrogen-bond acceptors (Lipinski definition) is 1. The van der Waals surface area contributed by atoms with E-state index in [4.69, 9.17) is 0 Å². The number of carbonyl (C=O) groups excluding carboxylic acids is 1. The number of nitrogens with zero attached hydrogens (tertiary/aromatic N) is 1. The third-order valence-corrected chi connectivity index (χ3v) is 5.42. The summed E-state index contributed by atoms with van der Waals surface area (Å²) < 4.78 is 14.3. The first-order valence-electron chi connectivity index (χ1n) is 8.15. The predicted molar refractivity (Wildman–Crippen MR) is 81.7 cm³/mol. The van der Waals surface area contributed by atoms with Gasteiger partial charge in [0.1, 0.15) is 5.82 Å². The smallest absolute Gasteiger partial charge is 0.257 e. The summed E-state index contributed by atoms with van der Waals surface area (Å²) >= 11 is 0. The molecular formula is C18H24FNO. The number of aryl methyl sites for hydroxylation is 1. The van der Waals surface area contributed by atoms with Crippen molar-refractivity contribution in [1.82, 2.24) is 4.90 Å². The lowest BCUT2D eigenvalue weighted by Crippen LogP contribution is -2.52. The Morgan fingerprint density at radius 2 is 2.00 bits per heavy atom. The summed E-state index contributed by atoms with van der Waals surface area (Å²) in [5, 5.41) is 0. The van der Waals surface area contributed by atoms with Crippen molar-refractivity contribution in [2.45, 2.75) is 52.0 Å². The molecule has 2 aliphatic rings. The zero-order valence-electron chi connectivity index (χ0n) is 12.9. The number of halogens is 1. The second-order valence-electron chi connectivity index (χ2n) is 6.72. The van der Waals surface area contributed by atoms with Crippen LogP contribution in [0, 0.1) is 24.6 Å². The third kappa shape index (κ3) is 2.58. The normalized spacial score (nSPS) is 29.1. The van der Waals surface area contributed by atoms with Crippen LogP contribution in [0.5, 0.6) is 0 Å². The average molecular weight is 289 g/mol. The number of fused-ring (bicyclic) bond motifs is 1. The van der Waals surface area contributed by atoms with E-state index in [0.29, 0.717) is 23.4 Å². The topological polar surface area (TPSA) is 20.3 Å². The molecule has 0 radical (unpaired) electrons. The summed E-state index contributed by atoms with van der Waals surface area (Å²) in [6.45, 7) is 4.79. The second-order valence-corrected chi connectivity index (χ2v) is 6.72. The molecular weight excluding hydrogens is 265 g/mol. The Morgan fingerprint density at radius 3 is 2.81 bits per heavy atom. The van der Waals surface area contributed by atoms with Crippen molar-refractivity contribution in [2.24, 2.45) is 11.8 Å². The van der Waals surface area contributed by atoms with Crippen LogP contribution in [0.4, 0.5) is 4.39 Å². The van der Waals surface area contributed by atoms with Crippen LogP contribution in [-0.2, 0) is 0 Å². The van der Waals surface area contributed by atoms with Gasteiger partial charge >= 0.3 is 0 Å². The molecule has 0 spiro atoms. The Balaban J connectivity index is 1.88. The lowest BCUT2D eigenvalue weighted by Gasteiger charge is -2.47. The molecule has 2 fully saturated rings. The minimum Gasteiger partial charge on any atom is -0.335 e. The summed E-state index contributed by atoms with van der Waals surface area (Å²) in [6, 6.07) is 5.43. The summed E-state index contributed by atoms with van der Waals surface area (Å²) in [6.07, 6.45) is 5.79. The molecule has 21 heavy (non-hydrogen) atoms. The van der Waals surface area contributed by atoms with Crippen molar-refractivity contribution in [2.75, 3.05) is 6.54 Å². The van der Waals surface area contributed by atoms with E-state index in [1.54, 1.807) is 25.1 Å². The van der Waals surface area contributed by atoms with E-state index in [1.165, 1.54) is 19.3 Å². The average Bonchev–Trinajstić information content (AvgIpc) is 2.50. The molecule has 3 heteroatoms. The Bertz CT molecular complexity index is 542. The molecule has 1 aliphatic heterocycles. The van der Waals surface area contributed by atoms with Gasteiger partial charge in [-0.1, -0.05) is 31.9 Å². The monoisotopic (exact) mass is 289 g/mol. The number of piperidine rings is 1. The fourth-order valence-electron chi connectivity index (χ4n) is 4.13. The zero-order valence-corrected chi connectivity index (χ0v) is 12.9. The highest BCUT2D eigenvalue weighted by atomic mass is 19.1. The van der Waals surface area contributed by atoms with Gasteiger partial charge in [0, 0.05) is 12.6 Å². The fraction of sp³-hybridized carbons (Fsp3) is 0.611. The van der Waals surface area contributed by atoms with Crippen LogP contribution in [0.15, 0.2) is 18.2 Å². The summed E-state index contributed by atoms with van der Waals surface area (Å²) in [7, 11) is 0. The van der Waals surface area contributed by atoms with E-state index in [2.05, 4.69) is 6.92 Å². The van der Waals surface area contributed by atoms with Gasteiger partial charge in [-0.15, -0.1) is 0 Å². The minimum absolute atomic E-state index is 0.111. The highest BCUT2D eigenvalue weighted by Crippen LogP contribution is 2.39. The van der Waals surface area contributed by atoms with Crippen LogP contribution in [0.25, 0.3) is 0 Å². The molecule has 1 amide bonds. The van der Waals surface area contributed by atoms with E-state index in [0.717, 1.165) is 19.4 Å². The van der Waals surface area contributed by atoms with Crippen LogP contribution in [-0.4, -0.2) is 23.4 Å². The maximum Gasteiger partial charge on any atom is 0.257 e. The molecule has 0 N–H and O–H groups in total. The van der Waals surface area contributed by atoms with Crippen LogP contribution in [0.3, 0.4) is 0 Å². The van der Waals surface area contributed by atoms with Gasteiger partial charge in [-0.2, -0.15) is 0 Å². The third-order valence-electron chi connectivity index (χ3n) is 5.42. The Hall–Kier alpha value is -1.38. The van der Waals surface area contributed by atoms with Gasteiger partial charge in [-0.3, -0.25) is 4.79 Å². The maximum absolute atomic E-state index is 14.3. The molecule has 0 bridgehead atoms. The fourth-order valence-corrected chi connectivity index (χ4v) is 4.13. The summed E-state index contributed by atoms with van der Waals surface area (Å²) in [5.74, 6) is 0.819. The highest BCUT2D eigenvalue weighted by molar-refractivity contribution is 5.95. The standard InChI is InChI=1S/C18H24FNO/c1-12-10-11-20(16-9-4-3-7-14(12)16)18(21)15-8-5-6-13(2)17(15)19/h5-6,8,12,14,16H,3-4,7,9-11H2,1-2H3. The Kier molecular flexibility index (Phi) is 4.01. The van der Waals surface area contributed by atoms with Crippen molar-refractivity contribution in [3.63, 3.8) is 0 Å². The second kappa shape index (κ2) is 5.78. The molecule has 3 atom stereocenters. The van der Waals surface area contributed by atoms with Crippen molar-refractivity contribution in [3.8, 4) is 0 Å². The van der Waals surface area contributed by atoms with Gasteiger partial charge in [-0.25, -0.2) is 4.39 Å². The lowest BCUT2D eigenvalue weighted by molar-refractivity contribution is 0.0214. The van der Waals surface area contributed by atoms with Gasteiger partial charge in [-0.05, 0) is 49.7 Å². The molecule has 2 nitrogen and oxygen atoms in total.